The predicted molar refractivity (Wildman–Crippen MR) is 36.0 cm³/mol. The minimum Gasteiger partial charge on any atom is -0.319 e. The lowest BCUT2D eigenvalue weighted by Gasteiger charge is -2.03. The molecule has 2 heteroatoms. The monoisotopic (exact) mass is 127 g/mol. The highest BCUT2D eigenvalue weighted by atomic mass is 16.1. The average Bonchev–Trinajstić information content (AvgIpc) is 2.44. The molecule has 0 radical (unpaired) electrons. The quantitative estimate of drug-likeness (QED) is 0.593. The van der Waals surface area contributed by atoms with Crippen molar-refractivity contribution in [2.75, 3.05) is 0 Å². The predicted octanol–water partition coefficient (Wildman–Crippen LogP) is 0.703. The highest BCUT2D eigenvalue weighted by molar-refractivity contribution is 5.89. The van der Waals surface area contributed by atoms with E-state index in [4.69, 9.17) is 5.73 Å². The first-order chi connectivity index (χ1) is 4.11. The number of nitrogens with two attached hydrogens (primary N) is 1. The second-order valence-electron chi connectivity index (χ2n) is 2.91. The Bertz CT molecular complexity index is 144. The van der Waals surface area contributed by atoms with Crippen molar-refractivity contribution in [3.63, 3.8) is 0 Å². The Morgan fingerprint density at radius 2 is 2.44 bits per heavy atom. The first-order valence-electron chi connectivity index (χ1n) is 3.41. The van der Waals surface area contributed by atoms with Crippen LogP contribution >= 0.6 is 0 Å². The summed E-state index contributed by atoms with van der Waals surface area (Å²) in [5.41, 5.74) is 5.27. The molecule has 0 spiro atoms. The van der Waals surface area contributed by atoms with Crippen molar-refractivity contribution >= 4 is 5.78 Å². The van der Waals surface area contributed by atoms with E-state index in [0.717, 1.165) is 12.8 Å². The molecule has 1 aliphatic carbocycles. The van der Waals surface area contributed by atoms with Gasteiger partial charge in [-0.25, -0.2) is 0 Å². The lowest BCUT2D eigenvalue weighted by atomic mass is 10.1. The molecule has 0 aromatic rings. The van der Waals surface area contributed by atoms with Gasteiger partial charge in [0.1, 0.15) is 5.78 Å². The van der Waals surface area contributed by atoms with Gasteiger partial charge in [-0.2, -0.15) is 0 Å². The van der Waals surface area contributed by atoms with E-state index >= 15 is 0 Å². The van der Waals surface area contributed by atoms with Gasteiger partial charge in [0.15, 0.2) is 0 Å². The maximum absolute atomic E-state index is 10.8. The van der Waals surface area contributed by atoms with Crippen LogP contribution in [0.25, 0.3) is 0 Å². The molecule has 0 bridgehead atoms. The molecule has 0 aromatic carbocycles. The highest BCUT2D eigenvalue weighted by Gasteiger charge is 2.53. The number of Topliss-reactive ketones (excluding diaryl/α,β-unsaturated/α-hetero) is 1. The minimum atomic E-state index is -0.422. The van der Waals surface area contributed by atoms with Crippen LogP contribution in [0.5, 0.6) is 0 Å². The number of rotatable bonds is 2. The zero-order valence-electron chi connectivity index (χ0n) is 5.98. The molecule has 52 valence electrons. The van der Waals surface area contributed by atoms with E-state index in [-0.39, 0.29) is 5.78 Å². The molecule has 0 aliphatic heterocycles. The molecule has 1 aliphatic rings. The summed E-state index contributed by atoms with van der Waals surface area (Å²) in [5, 5.41) is 0. The molecule has 0 unspecified atom stereocenters. The molecule has 9 heavy (non-hydrogen) atoms. The van der Waals surface area contributed by atoms with Gasteiger partial charge in [-0.1, -0.05) is 13.3 Å². The largest absolute Gasteiger partial charge is 0.319 e. The van der Waals surface area contributed by atoms with E-state index < -0.39 is 5.54 Å². The Balaban J connectivity index is 2.52. The summed E-state index contributed by atoms with van der Waals surface area (Å²) in [4.78, 5) is 10.8. The van der Waals surface area contributed by atoms with Gasteiger partial charge in [0.2, 0.25) is 0 Å². The number of hydrogen-bond donors (Lipinski definition) is 1. The van der Waals surface area contributed by atoms with Crippen molar-refractivity contribution in [2.24, 2.45) is 11.7 Å². The van der Waals surface area contributed by atoms with Gasteiger partial charge in [0, 0.05) is 0 Å². The highest BCUT2D eigenvalue weighted by Crippen LogP contribution is 2.43. The molecule has 0 amide bonds. The third kappa shape index (κ3) is 0.874. The summed E-state index contributed by atoms with van der Waals surface area (Å²) in [7, 11) is 0. The van der Waals surface area contributed by atoms with E-state index in [1.807, 2.05) is 0 Å². The van der Waals surface area contributed by atoms with Gasteiger partial charge < -0.3 is 5.73 Å². The van der Waals surface area contributed by atoms with Crippen LogP contribution in [0.2, 0.25) is 0 Å². The van der Waals surface area contributed by atoms with Gasteiger partial charge in [-0.05, 0) is 19.3 Å². The molecule has 2 N–H and O–H groups in total. The second kappa shape index (κ2) is 1.81. The zero-order valence-corrected chi connectivity index (χ0v) is 5.98. The van der Waals surface area contributed by atoms with Crippen LogP contribution in [-0.4, -0.2) is 11.3 Å². The number of hydrogen-bond acceptors (Lipinski definition) is 2. The molecule has 0 saturated heterocycles. The summed E-state index contributed by atoms with van der Waals surface area (Å²) in [5.74, 6) is 0.615. The number of carbonyl (C=O) groups excluding carboxylic acids is 1. The van der Waals surface area contributed by atoms with Crippen molar-refractivity contribution in [1.29, 1.82) is 0 Å². The van der Waals surface area contributed by atoms with E-state index in [9.17, 15) is 4.79 Å². The van der Waals surface area contributed by atoms with Gasteiger partial charge >= 0.3 is 0 Å². The van der Waals surface area contributed by atoms with Crippen molar-refractivity contribution in [3.05, 3.63) is 0 Å². The molecule has 0 aromatic heterocycles. The van der Waals surface area contributed by atoms with Crippen LogP contribution in [0.15, 0.2) is 0 Å². The van der Waals surface area contributed by atoms with Crippen molar-refractivity contribution in [3.8, 4) is 0 Å². The fourth-order valence-electron chi connectivity index (χ4n) is 1.29. The second-order valence-corrected chi connectivity index (χ2v) is 2.91. The van der Waals surface area contributed by atoms with Gasteiger partial charge in [0.05, 0.1) is 5.54 Å². The minimum absolute atomic E-state index is 0.148. The van der Waals surface area contributed by atoms with Crippen LogP contribution in [0.3, 0.4) is 0 Å². The molecule has 1 saturated carbocycles. The number of ketones is 1. The molecule has 1 fully saturated rings. The first kappa shape index (κ1) is 6.75. The van der Waals surface area contributed by atoms with Crippen LogP contribution in [-0.2, 0) is 4.79 Å². The standard InChI is InChI=1S/C7H13NO/c1-3-6-4-7(6,8)5(2)9/h6H,3-4,8H2,1-2H3/t6-,7-/m1/s1. The van der Waals surface area contributed by atoms with Crippen LogP contribution in [0.4, 0.5) is 0 Å². The third-order valence-electron chi connectivity index (χ3n) is 2.30. The van der Waals surface area contributed by atoms with Crippen molar-refractivity contribution < 1.29 is 4.79 Å². The van der Waals surface area contributed by atoms with E-state index in [1.54, 1.807) is 6.92 Å². The summed E-state index contributed by atoms with van der Waals surface area (Å²) >= 11 is 0. The molecule has 1 rings (SSSR count). The van der Waals surface area contributed by atoms with Crippen LogP contribution in [0, 0.1) is 5.92 Å². The Labute approximate surface area is 55.4 Å². The molecule has 2 nitrogen and oxygen atoms in total. The fraction of sp³-hybridized carbons (Fsp3) is 0.857. The van der Waals surface area contributed by atoms with E-state index in [1.165, 1.54) is 0 Å². The van der Waals surface area contributed by atoms with Gasteiger partial charge in [-0.15, -0.1) is 0 Å². The first-order valence-corrected chi connectivity index (χ1v) is 3.41. The van der Waals surface area contributed by atoms with E-state index in [2.05, 4.69) is 6.92 Å². The Hall–Kier alpha value is -0.370. The lowest BCUT2D eigenvalue weighted by molar-refractivity contribution is -0.119. The Morgan fingerprint density at radius 3 is 2.56 bits per heavy atom. The third-order valence-corrected chi connectivity index (χ3v) is 2.30. The molecule has 0 heterocycles. The normalized spacial score (nSPS) is 40.6. The SMILES string of the molecule is CC[C@@H]1C[C@@]1(N)C(C)=O. The average molecular weight is 127 g/mol. The molecular weight excluding hydrogens is 114 g/mol. The summed E-state index contributed by atoms with van der Waals surface area (Å²) in [6.07, 6.45) is 1.94. The van der Waals surface area contributed by atoms with Gasteiger partial charge in [0.25, 0.3) is 0 Å². The number of carbonyl (C=O) groups is 1. The maximum atomic E-state index is 10.8. The van der Waals surface area contributed by atoms with E-state index in [0.29, 0.717) is 5.92 Å². The summed E-state index contributed by atoms with van der Waals surface area (Å²) in [6.45, 7) is 3.65. The summed E-state index contributed by atoms with van der Waals surface area (Å²) in [6, 6.07) is 0. The topological polar surface area (TPSA) is 43.1 Å². The smallest absolute Gasteiger partial charge is 0.149 e. The Kier molecular flexibility index (Phi) is 1.35. The van der Waals surface area contributed by atoms with Crippen LogP contribution < -0.4 is 5.73 Å². The van der Waals surface area contributed by atoms with Crippen LogP contribution in [0.1, 0.15) is 26.7 Å². The van der Waals surface area contributed by atoms with Crippen molar-refractivity contribution in [1.82, 2.24) is 0 Å². The Morgan fingerprint density at radius 1 is 1.89 bits per heavy atom. The fourth-order valence-corrected chi connectivity index (χ4v) is 1.29. The maximum Gasteiger partial charge on any atom is 0.149 e. The van der Waals surface area contributed by atoms with Gasteiger partial charge in [-0.3, -0.25) is 4.79 Å². The summed E-state index contributed by atoms with van der Waals surface area (Å²) < 4.78 is 0. The van der Waals surface area contributed by atoms with Crippen molar-refractivity contribution in [2.45, 2.75) is 32.2 Å². The lowest BCUT2D eigenvalue weighted by Crippen LogP contribution is -2.33. The zero-order chi connectivity index (χ0) is 7.07. The molecule has 2 atom stereocenters. The molecular formula is C7H13NO.